The van der Waals surface area contributed by atoms with Gasteiger partial charge < -0.3 is 20.7 Å². The van der Waals surface area contributed by atoms with Crippen molar-refractivity contribution in [1.29, 1.82) is 0 Å². The summed E-state index contributed by atoms with van der Waals surface area (Å²) in [6.07, 6.45) is 0. The van der Waals surface area contributed by atoms with Crippen LogP contribution in [0, 0.1) is 0 Å². The van der Waals surface area contributed by atoms with Crippen LogP contribution in [0.25, 0.3) is 10.2 Å². The average Bonchev–Trinajstić information content (AvgIpc) is 3.12. The summed E-state index contributed by atoms with van der Waals surface area (Å²) in [5.74, 6) is 2.09. The minimum Gasteiger partial charge on any atom is -0.496 e. The molecule has 0 spiro atoms. The number of hydrogen-bond acceptors (Lipinski definition) is 7. The first kappa shape index (κ1) is 17.9. The second kappa shape index (κ2) is 8.48. The summed E-state index contributed by atoms with van der Waals surface area (Å²) in [6, 6.07) is 9.80. The number of anilines is 2. The number of rotatable bonds is 8. The molecule has 0 radical (unpaired) electrons. The Morgan fingerprint density at radius 1 is 1.15 bits per heavy atom. The summed E-state index contributed by atoms with van der Waals surface area (Å²) >= 11 is 1.58. The van der Waals surface area contributed by atoms with Crippen molar-refractivity contribution < 1.29 is 9.53 Å². The molecule has 0 aliphatic rings. The number of hydrogen-bond donors (Lipinski definition) is 3. The molecule has 1 aromatic carbocycles. The standard InChI is InChI=1S/C18H21N5O2S/c1-12(24)19-8-9-20-17-16-14(7-10-26-16)22-18(23-17)21-11-13-5-3-4-6-15(13)25-2/h3-7,10H,8-9,11H2,1-2H3,(H,19,24)(H2,20,21,22,23). The van der Waals surface area contributed by atoms with E-state index in [4.69, 9.17) is 4.74 Å². The minimum absolute atomic E-state index is 0.0464. The Morgan fingerprint density at radius 2 is 2.00 bits per heavy atom. The van der Waals surface area contributed by atoms with Crippen LogP contribution in [0.4, 0.5) is 11.8 Å². The summed E-state index contributed by atoms with van der Waals surface area (Å²) in [7, 11) is 1.66. The molecule has 136 valence electrons. The number of methoxy groups -OCH3 is 1. The van der Waals surface area contributed by atoms with Gasteiger partial charge >= 0.3 is 0 Å². The van der Waals surface area contributed by atoms with Gasteiger partial charge in [-0.1, -0.05) is 18.2 Å². The van der Waals surface area contributed by atoms with Crippen molar-refractivity contribution in [3.63, 3.8) is 0 Å². The molecule has 1 amide bonds. The van der Waals surface area contributed by atoms with E-state index < -0.39 is 0 Å². The van der Waals surface area contributed by atoms with E-state index in [2.05, 4.69) is 25.9 Å². The lowest BCUT2D eigenvalue weighted by atomic mass is 10.2. The van der Waals surface area contributed by atoms with Crippen LogP contribution in [-0.2, 0) is 11.3 Å². The lowest BCUT2D eigenvalue weighted by Crippen LogP contribution is -2.26. The van der Waals surface area contributed by atoms with Gasteiger partial charge in [-0.3, -0.25) is 4.79 Å². The highest BCUT2D eigenvalue weighted by Crippen LogP contribution is 2.27. The van der Waals surface area contributed by atoms with Crippen LogP contribution in [0.2, 0.25) is 0 Å². The predicted octanol–water partition coefficient (Wildman–Crippen LogP) is 2.86. The van der Waals surface area contributed by atoms with Gasteiger partial charge in [0.1, 0.15) is 11.6 Å². The molecular formula is C18H21N5O2S. The van der Waals surface area contributed by atoms with Crippen LogP contribution in [0.5, 0.6) is 5.75 Å². The molecule has 0 unspecified atom stereocenters. The molecule has 2 heterocycles. The summed E-state index contributed by atoms with van der Waals surface area (Å²) in [5, 5.41) is 11.3. The van der Waals surface area contributed by atoms with Gasteiger partial charge in [-0.25, -0.2) is 4.98 Å². The molecule has 26 heavy (non-hydrogen) atoms. The summed E-state index contributed by atoms with van der Waals surface area (Å²) in [5.41, 5.74) is 1.92. The van der Waals surface area contributed by atoms with Crippen molar-refractivity contribution in [1.82, 2.24) is 15.3 Å². The van der Waals surface area contributed by atoms with E-state index in [0.717, 1.165) is 27.3 Å². The van der Waals surface area contributed by atoms with Crippen LogP contribution in [-0.4, -0.2) is 36.1 Å². The molecule has 0 aliphatic carbocycles. The number of carbonyl (C=O) groups is 1. The molecule has 0 atom stereocenters. The molecule has 7 nitrogen and oxygen atoms in total. The first-order chi connectivity index (χ1) is 12.7. The van der Waals surface area contributed by atoms with E-state index >= 15 is 0 Å². The molecule has 0 saturated carbocycles. The van der Waals surface area contributed by atoms with E-state index in [-0.39, 0.29) is 5.91 Å². The maximum atomic E-state index is 11.0. The molecule has 3 rings (SSSR count). The Morgan fingerprint density at radius 3 is 2.81 bits per heavy atom. The molecule has 3 aromatic rings. The molecule has 0 saturated heterocycles. The number of benzene rings is 1. The van der Waals surface area contributed by atoms with E-state index in [1.807, 2.05) is 35.7 Å². The van der Waals surface area contributed by atoms with E-state index in [0.29, 0.717) is 25.6 Å². The number of carbonyl (C=O) groups excluding carboxylic acids is 1. The maximum Gasteiger partial charge on any atom is 0.225 e. The van der Waals surface area contributed by atoms with Gasteiger partial charge in [0.15, 0.2) is 0 Å². The fourth-order valence-corrected chi connectivity index (χ4v) is 3.30. The Balaban J connectivity index is 1.73. The third-order valence-electron chi connectivity index (χ3n) is 3.72. The van der Waals surface area contributed by atoms with Crippen molar-refractivity contribution in [2.24, 2.45) is 0 Å². The first-order valence-electron chi connectivity index (χ1n) is 8.26. The molecule has 0 bridgehead atoms. The zero-order valence-corrected chi connectivity index (χ0v) is 15.5. The topological polar surface area (TPSA) is 88.2 Å². The fraction of sp³-hybridized carbons (Fsp3) is 0.278. The van der Waals surface area contributed by atoms with Gasteiger partial charge in [-0.15, -0.1) is 11.3 Å². The van der Waals surface area contributed by atoms with Gasteiger partial charge in [0.05, 0.1) is 17.3 Å². The third-order valence-corrected chi connectivity index (χ3v) is 4.63. The lowest BCUT2D eigenvalue weighted by Gasteiger charge is -2.12. The molecule has 0 fully saturated rings. The second-order valence-electron chi connectivity index (χ2n) is 5.61. The Bertz CT molecular complexity index is 896. The summed E-state index contributed by atoms with van der Waals surface area (Å²) in [6.45, 7) is 3.19. The number of fused-ring (bicyclic) bond motifs is 1. The molecular weight excluding hydrogens is 350 g/mol. The SMILES string of the molecule is COc1ccccc1CNc1nc(NCCNC(C)=O)c2sccc2n1. The van der Waals surface area contributed by atoms with Gasteiger partial charge in [0.2, 0.25) is 11.9 Å². The number of ether oxygens (including phenoxy) is 1. The fourth-order valence-electron chi connectivity index (χ4n) is 2.51. The van der Waals surface area contributed by atoms with Crippen molar-refractivity contribution in [3.05, 3.63) is 41.3 Å². The van der Waals surface area contributed by atoms with Gasteiger partial charge in [0.25, 0.3) is 0 Å². The van der Waals surface area contributed by atoms with E-state index in [1.54, 1.807) is 18.4 Å². The smallest absolute Gasteiger partial charge is 0.225 e. The Labute approximate surface area is 155 Å². The van der Waals surface area contributed by atoms with E-state index in [9.17, 15) is 4.79 Å². The number of thiophene rings is 1. The van der Waals surface area contributed by atoms with Crippen LogP contribution in [0.1, 0.15) is 12.5 Å². The van der Waals surface area contributed by atoms with Gasteiger partial charge in [0, 0.05) is 32.1 Å². The van der Waals surface area contributed by atoms with E-state index in [1.165, 1.54) is 6.92 Å². The molecule has 8 heteroatoms. The highest BCUT2D eigenvalue weighted by molar-refractivity contribution is 7.17. The van der Waals surface area contributed by atoms with Gasteiger partial charge in [-0.2, -0.15) is 4.98 Å². The summed E-state index contributed by atoms with van der Waals surface area (Å²) in [4.78, 5) is 20.1. The quantitative estimate of drug-likeness (QED) is 0.528. The normalized spacial score (nSPS) is 10.5. The van der Waals surface area contributed by atoms with Crippen LogP contribution in [0.15, 0.2) is 35.7 Å². The number of amides is 1. The zero-order chi connectivity index (χ0) is 18.4. The average molecular weight is 371 g/mol. The van der Waals surface area contributed by atoms with Crippen molar-refractivity contribution in [2.45, 2.75) is 13.5 Å². The second-order valence-corrected chi connectivity index (χ2v) is 6.52. The number of nitrogens with one attached hydrogen (secondary N) is 3. The zero-order valence-electron chi connectivity index (χ0n) is 14.7. The Hall–Kier alpha value is -2.87. The number of nitrogens with zero attached hydrogens (tertiary/aromatic N) is 2. The molecule has 0 aliphatic heterocycles. The molecule has 2 aromatic heterocycles. The van der Waals surface area contributed by atoms with Crippen molar-refractivity contribution in [3.8, 4) is 5.75 Å². The van der Waals surface area contributed by atoms with Crippen molar-refractivity contribution >= 4 is 39.2 Å². The third kappa shape index (κ3) is 4.40. The Kier molecular flexibility index (Phi) is 5.85. The van der Waals surface area contributed by atoms with Crippen molar-refractivity contribution in [2.75, 3.05) is 30.8 Å². The van der Waals surface area contributed by atoms with Crippen LogP contribution < -0.4 is 20.7 Å². The van der Waals surface area contributed by atoms with Gasteiger partial charge in [-0.05, 0) is 17.5 Å². The predicted molar refractivity (Wildman–Crippen MR) is 105 cm³/mol. The largest absolute Gasteiger partial charge is 0.496 e. The highest BCUT2D eigenvalue weighted by atomic mass is 32.1. The number of aromatic nitrogens is 2. The highest BCUT2D eigenvalue weighted by Gasteiger charge is 2.10. The summed E-state index contributed by atoms with van der Waals surface area (Å²) < 4.78 is 6.37. The minimum atomic E-state index is -0.0464. The maximum absolute atomic E-state index is 11.0. The molecule has 3 N–H and O–H groups in total. The monoisotopic (exact) mass is 371 g/mol. The van der Waals surface area contributed by atoms with Crippen LogP contribution >= 0.6 is 11.3 Å². The first-order valence-corrected chi connectivity index (χ1v) is 9.14. The lowest BCUT2D eigenvalue weighted by molar-refractivity contribution is -0.118. The van der Waals surface area contributed by atoms with Crippen LogP contribution in [0.3, 0.4) is 0 Å². The number of para-hydroxylation sites is 1.